The van der Waals surface area contributed by atoms with Gasteiger partial charge in [0.2, 0.25) is 0 Å². The molecule has 0 radical (unpaired) electrons. The van der Waals surface area contributed by atoms with Gasteiger partial charge in [-0.1, -0.05) is 34.1 Å². The van der Waals surface area contributed by atoms with Crippen LogP contribution in [0.2, 0.25) is 0 Å². The number of nitrogens with zero attached hydrogens (tertiary/aromatic N) is 1. The number of benzene rings is 2. The summed E-state index contributed by atoms with van der Waals surface area (Å²) in [5, 5.41) is 18.1. The number of rotatable bonds is 1. The first kappa shape index (κ1) is 10.4. The van der Waals surface area contributed by atoms with Gasteiger partial charge in [-0.15, -0.1) is 0 Å². The third kappa shape index (κ3) is 1.61. The number of aromatic nitrogens is 2. The fourth-order valence-corrected chi connectivity index (χ4v) is 2.45. The first-order valence-corrected chi connectivity index (χ1v) is 5.97. The predicted octanol–water partition coefficient (Wildman–Crippen LogP) is 3.70. The molecule has 1 heterocycles. The zero-order chi connectivity index (χ0) is 11.8. The molecule has 2 N–H and O–H groups in total. The van der Waals surface area contributed by atoms with E-state index in [2.05, 4.69) is 26.1 Å². The van der Waals surface area contributed by atoms with E-state index in [1.165, 1.54) is 0 Å². The lowest BCUT2D eigenvalue weighted by molar-refractivity contribution is 0.477. The van der Waals surface area contributed by atoms with Crippen molar-refractivity contribution in [1.29, 1.82) is 0 Å². The highest BCUT2D eigenvalue weighted by Crippen LogP contribution is 2.35. The first-order valence-electron chi connectivity index (χ1n) is 5.18. The fourth-order valence-electron chi connectivity index (χ4n) is 1.90. The average molecular weight is 289 g/mol. The number of halogens is 1. The van der Waals surface area contributed by atoms with E-state index < -0.39 is 0 Å². The quantitative estimate of drug-likeness (QED) is 0.717. The summed E-state index contributed by atoms with van der Waals surface area (Å²) < 4.78 is 0.960. The van der Waals surface area contributed by atoms with Gasteiger partial charge in [-0.2, -0.15) is 5.10 Å². The molecule has 0 saturated carbocycles. The number of nitrogens with one attached hydrogen (secondary N) is 1. The Bertz CT molecular complexity index is 691. The van der Waals surface area contributed by atoms with Gasteiger partial charge in [0.15, 0.2) is 0 Å². The van der Waals surface area contributed by atoms with E-state index in [0.717, 1.165) is 26.6 Å². The monoisotopic (exact) mass is 288 g/mol. The summed E-state index contributed by atoms with van der Waals surface area (Å²) in [5.41, 5.74) is 2.42. The van der Waals surface area contributed by atoms with E-state index in [1.54, 1.807) is 12.1 Å². The highest BCUT2D eigenvalue weighted by atomic mass is 79.9. The second kappa shape index (κ2) is 3.89. The Labute approximate surface area is 106 Å². The topological polar surface area (TPSA) is 48.9 Å². The Morgan fingerprint density at radius 3 is 2.71 bits per heavy atom. The van der Waals surface area contributed by atoms with Gasteiger partial charge in [-0.3, -0.25) is 5.10 Å². The maximum atomic E-state index is 9.86. The molecule has 0 atom stereocenters. The van der Waals surface area contributed by atoms with Crippen LogP contribution in [0.1, 0.15) is 0 Å². The zero-order valence-corrected chi connectivity index (χ0v) is 10.4. The second-order valence-corrected chi connectivity index (χ2v) is 4.61. The van der Waals surface area contributed by atoms with E-state index in [0.29, 0.717) is 0 Å². The molecule has 0 aliphatic carbocycles. The number of fused-ring (bicyclic) bond motifs is 1. The molecule has 0 amide bonds. The number of hydrogen-bond donors (Lipinski definition) is 2. The number of aromatic amines is 1. The number of para-hydroxylation sites is 1. The smallest absolute Gasteiger partial charge is 0.125 e. The lowest BCUT2D eigenvalue weighted by Crippen LogP contribution is -1.80. The molecule has 1 aromatic heterocycles. The summed E-state index contributed by atoms with van der Waals surface area (Å²) >= 11 is 3.51. The summed E-state index contributed by atoms with van der Waals surface area (Å²) in [6, 6.07) is 13.0. The molecule has 0 aliphatic rings. The third-order valence-corrected chi connectivity index (χ3v) is 3.36. The van der Waals surface area contributed by atoms with Gasteiger partial charge in [0.1, 0.15) is 11.4 Å². The number of hydrogen-bond acceptors (Lipinski definition) is 2. The van der Waals surface area contributed by atoms with Crippen molar-refractivity contribution in [3.05, 3.63) is 46.9 Å². The van der Waals surface area contributed by atoms with Gasteiger partial charge in [-0.05, 0) is 24.3 Å². The summed E-state index contributed by atoms with van der Waals surface area (Å²) in [5.74, 6) is 0.233. The standard InChI is InChI=1S/C13H9BrN2O/c14-9-5-3-6-10-12(9)13(16-15-10)8-4-1-2-7-11(8)17/h1-7,17H,(H,15,16). The van der Waals surface area contributed by atoms with Crippen LogP contribution in [0.5, 0.6) is 5.75 Å². The molecule has 3 nitrogen and oxygen atoms in total. The van der Waals surface area contributed by atoms with Crippen LogP contribution in [-0.2, 0) is 0 Å². The Balaban J connectivity index is 2.36. The zero-order valence-electron chi connectivity index (χ0n) is 8.81. The third-order valence-electron chi connectivity index (χ3n) is 2.70. The van der Waals surface area contributed by atoms with Crippen LogP contribution in [0.15, 0.2) is 46.9 Å². The van der Waals surface area contributed by atoms with Crippen LogP contribution in [0.25, 0.3) is 22.2 Å². The number of phenolic OH excluding ortho intramolecular Hbond substituents is 1. The maximum absolute atomic E-state index is 9.86. The lowest BCUT2D eigenvalue weighted by Gasteiger charge is -2.02. The van der Waals surface area contributed by atoms with Crippen molar-refractivity contribution >= 4 is 26.8 Å². The molecular weight excluding hydrogens is 280 g/mol. The Kier molecular flexibility index (Phi) is 2.37. The number of H-pyrrole nitrogens is 1. The Morgan fingerprint density at radius 2 is 1.88 bits per heavy atom. The summed E-state index contributed by atoms with van der Waals surface area (Å²) in [6.45, 7) is 0. The van der Waals surface area contributed by atoms with E-state index in [4.69, 9.17) is 0 Å². The molecule has 0 fully saturated rings. The SMILES string of the molecule is Oc1ccccc1-c1n[nH]c2cccc(Br)c12. The Morgan fingerprint density at radius 1 is 1.06 bits per heavy atom. The van der Waals surface area contributed by atoms with Crippen LogP contribution in [0.3, 0.4) is 0 Å². The van der Waals surface area contributed by atoms with Crippen LogP contribution in [-0.4, -0.2) is 15.3 Å². The molecule has 84 valence electrons. The number of aromatic hydroxyl groups is 1. The van der Waals surface area contributed by atoms with Gasteiger partial charge >= 0.3 is 0 Å². The van der Waals surface area contributed by atoms with Crippen LogP contribution < -0.4 is 0 Å². The second-order valence-electron chi connectivity index (χ2n) is 3.75. The van der Waals surface area contributed by atoms with E-state index in [-0.39, 0.29) is 5.75 Å². The molecule has 0 unspecified atom stereocenters. The van der Waals surface area contributed by atoms with Crippen molar-refractivity contribution in [2.24, 2.45) is 0 Å². The van der Waals surface area contributed by atoms with Crippen molar-refractivity contribution in [2.75, 3.05) is 0 Å². The average Bonchev–Trinajstić information content (AvgIpc) is 2.75. The van der Waals surface area contributed by atoms with Crippen LogP contribution >= 0.6 is 15.9 Å². The molecule has 0 saturated heterocycles. The highest BCUT2D eigenvalue weighted by Gasteiger charge is 2.13. The van der Waals surface area contributed by atoms with Gasteiger partial charge in [0, 0.05) is 15.4 Å². The molecule has 3 rings (SSSR count). The highest BCUT2D eigenvalue weighted by molar-refractivity contribution is 9.10. The largest absolute Gasteiger partial charge is 0.507 e. The van der Waals surface area contributed by atoms with Crippen LogP contribution in [0.4, 0.5) is 0 Å². The van der Waals surface area contributed by atoms with E-state index in [9.17, 15) is 5.11 Å². The van der Waals surface area contributed by atoms with Gasteiger partial charge in [0.05, 0.1) is 5.52 Å². The van der Waals surface area contributed by atoms with Crippen molar-refractivity contribution in [2.45, 2.75) is 0 Å². The van der Waals surface area contributed by atoms with Crippen molar-refractivity contribution in [3.63, 3.8) is 0 Å². The molecule has 3 aromatic rings. The lowest BCUT2D eigenvalue weighted by atomic mass is 10.1. The van der Waals surface area contributed by atoms with E-state index in [1.807, 2.05) is 30.3 Å². The minimum Gasteiger partial charge on any atom is -0.507 e. The van der Waals surface area contributed by atoms with Gasteiger partial charge in [0.25, 0.3) is 0 Å². The minimum atomic E-state index is 0.233. The van der Waals surface area contributed by atoms with Crippen molar-refractivity contribution in [3.8, 4) is 17.0 Å². The van der Waals surface area contributed by atoms with E-state index >= 15 is 0 Å². The maximum Gasteiger partial charge on any atom is 0.125 e. The predicted molar refractivity (Wildman–Crippen MR) is 70.9 cm³/mol. The molecule has 2 aromatic carbocycles. The van der Waals surface area contributed by atoms with Crippen molar-refractivity contribution in [1.82, 2.24) is 10.2 Å². The number of phenols is 1. The molecular formula is C13H9BrN2O. The summed E-state index contributed by atoms with van der Waals surface area (Å²) in [4.78, 5) is 0. The molecule has 4 heteroatoms. The first-order chi connectivity index (χ1) is 8.27. The van der Waals surface area contributed by atoms with Gasteiger partial charge < -0.3 is 5.11 Å². The fraction of sp³-hybridized carbons (Fsp3) is 0. The molecule has 0 aliphatic heterocycles. The Hall–Kier alpha value is -1.81. The summed E-state index contributed by atoms with van der Waals surface area (Å²) in [6.07, 6.45) is 0. The molecule has 0 spiro atoms. The normalized spacial score (nSPS) is 10.9. The molecule has 0 bridgehead atoms. The van der Waals surface area contributed by atoms with Gasteiger partial charge in [-0.25, -0.2) is 0 Å². The molecule has 17 heavy (non-hydrogen) atoms. The minimum absolute atomic E-state index is 0.233. The van der Waals surface area contributed by atoms with Crippen molar-refractivity contribution < 1.29 is 5.11 Å². The summed E-state index contributed by atoms with van der Waals surface area (Å²) in [7, 11) is 0. The van der Waals surface area contributed by atoms with Crippen LogP contribution in [0, 0.1) is 0 Å².